The summed E-state index contributed by atoms with van der Waals surface area (Å²) in [5, 5.41) is 17.9. The Morgan fingerprint density at radius 1 is 0.879 bits per heavy atom. The SMILES string of the molecule is Cc1c(-c2nnc(C3CCCCCC3)s2)nn(-c2ccc(Cl)cc2Cl)c1-c1ccc(Cl)cc1. The van der Waals surface area contributed by atoms with E-state index >= 15 is 0 Å². The summed E-state index contributed by atoms with van der Waals surface area (Å²) in [5.74, 6) is 0.502. The highest BCUT2D eigenvalue weighted by atomic mass is 35.5. The molecule has 0 amide bonds. The molecule has 8 heteroatoms. The zero-order valence-corrected chi connectivity index (χ0v) is 21.3. The molecule has 1 aliphatic rings. The number of aromatic nitrogens is 4. The summed E-state index contributed by atoms with van der Waals surface area (Å²) >= 11 is 20.6. The van der Waals surface area contributed by atoms with Crippen molar-refractivity contribution in [1.29, 1.82) is 0 Å². The minimum absolute atomic E-state index is 0.502. The Labute approximate surface area is 212 Å². The minimum Gasteiger partial charge on any atom is -0.231 e. The fourth-order valence-electron chi connectivity index (χ4n) is 4.49. The molecule has 4 nitrogen and oxygen atoms in total. The lowest BCUT2D eigenvalue weighted by Crippen LogP contribution is -2.00. The van der Waals surface area contributed by atoms with E-state index in [-0.39, 0.29) is 0 Å². The normalized spacial score (nSPS) is 15.0. The van der Waals surface area contributed by atoms with Crippen molar-refractivity contribution in [2.45, 2.75) is 51.4 Å². The van der Waals surface area contributed by atoms with Gasteiger partial charge in [0.05, 0.1) is 16.4 Å². The summed E-state index contributed by atoms with van der Waals surface area (Å²) in [6, 6.07) is 13.2. The molecule has 2 aromatic heterocycles. The minimum atomic E-state index is 0.502. The van der Waals surface area contributed by atoms with Crippen LogP contribution in [0.15, 0.2) is 42.5 Å². The van der Waals surface area contributed by atoms with Gasteiger partial charge in [-0.05, 0) is 50.1 Å². The molecule has 0 bridgehead atoms. The van der Waals surface area contributed by atoms with Crippen LogP contribution < -0.4 is 0 Å². The molecule has 0 aliphatic heterocycles. The second-order valence-corrected chi connectivity index (χ2v) is 10.8. The van der Waals surface area contributed by atoms with Crippen molar-refractivity contribution in [2.75, 3.05) is 0 Å². The summed E-state index contributed by atoms with van der Waals surface area (Å²) in [4.78, 5) is 0. The van der Waals surface area contributed by atoms with Crippen molar-refractivity contribution in [1.82, 2.24) is 20.0 Å². The van der Waals surface area contributed by atoms with Crippen LogP contribution in [0.2, 0.25) is 15.1 Å². The van der Waals surface area contributed by atoms with Gasteiger partial charge in [0.25, 0.3) is 0 Å². The third-order valence-corrected chi connectivity index (χ3v) is 8.11. The first-order valence-electron chi connectivity index (χ1n) is 11.2. The van der Waals surface area contributed by atoms with E-state index < -0.39 is 0 Å². The molecule has 4 aromatic rings. The number of hydrogen-bond acceptors (Lipinski definition) is 4. The zero-order valence-electron chi connectivity index (χ0n) is 18.2. The molecule has 0 radical (unpaired) electrons. The molecule has 2 heterocycles. The predicted molar refractivity (Wildman–Crippen MR) is 138 cm³/mol. The second kappa shape index (κ2) is 9.75. The van der Waals surface area contributed by atoms with Gasteiger partial charge in [0.1, 0.15) is 10.7 Å². The quantitative estimate of drug-likeness (QED) is 0.254. The Balaban J connectivity index is 1.63. The number of rotatable bonds is 4. The molecule has 5 rings (SSSR count). The standard InChI is InChI=1S/C25H23Cl3N4S/c1-15-22(25-30-29-24(33-25)17-6-4-2-3-5-7-17)31-32(21-13-12-19(27)14-20(21)28)23(15)16-8-10-18(26)11-9-16/h8-14,17H,2-7H2,1H3. The van der Waals surface area contributed by atoms with Crippen LogP contribution in [-0.2, 0) is 0 Å². The van der Waals surface area contributed by atoms with Crippen molar-refractivity contribution < 1.29 is 0 Å². The van der Waals surface area contributed by atoms with E-state index in [0.29, 0.717) is 21.0 Å². The maximum atomic E-state index is 6.59. The largest absolute Gasteiger partial charge is 0.231 e. The van der Waals surface area contributed by atoms with E-state index in [0.717, 1.165) is 38.2 Å². The Morgan fingerprint density at radius 2 is 1.58 bits per heavy atom. The summed E-state index contributed by atoms with van der Waals surface area (Å²) in [6.45, 7) is 2.07. The molecule has 170 valence electrons. The van der Waals surface area contributed by atoms with Crippen molar-refractivity contribution in [3.8, 4) is 27.6 Å². The summed E-state index contributed by atoms with van der Waals surface area (Å²) in [7, 11) is 0. The van der Waals surface area contributed by atoms with Crippen LogP contribution in [0.4, 0.5) is 0 Å². The van der Waals surface area contributed by atoms with Gasteiger partial charge in [-0.15, -0.1) is 10.2 Å². The van der Waals surface area contributed by atoms with Gasteiger partial charge in [0.15, 0.2) is 5.01 Å². The molecule has 33 heavy (non-hydrogen) atoms. The van der Waals surface area contributed by atoms with Crippen LogP contribution in [0.3, 0.4) is 0 Å². The number of halogens is 3. The van der Waals surface area contributed by atoms with E-state index in [1.165, 1.54) is 38.5 Å². The van der Waals surface area contributed by atoms with Crippen LogP contribution in [0.5, 0.6) is 0 Å². The van der Waals surface area contributed by atoms with Crippen molar-refractivity contribution in [3.63, 3.8) is 0 Å². The van der Waals surface area contributed by atoms with Gasteiger partial charge >= 0.3 is 0 Å². The van der Waals surface area contributed by atoms with Crippen molar-refractivity contribution in [2.24, 2.45) is 0 Å². The lowest BCUT2D eigenvalue weighted by atomic mass is 10.0. The van der Waals surface area contributed by atoms with Crippen molar-refractivity contribution in [3.05, 3.63) is 68.1 Å². The van der Waals surface area contributed by atoms with E-state index in [9.17, 15) is 0 Å². The second-order valence-electron chi connectivity index (χ2n) is 8.47. The molecular formula is C25H23Cl3N4S. The summed E-state index contributed by atoms with van der Waals surface area (Å²) in [6.07, 6.45) is 7.55. The van der Waals surface area contributed by atoms with E-state index in [2.05, 4.69) is 17.1 Å². The first-order chi connectivity index (χ1) is 16.0. The highest BCUT2D eigenvalue weighted by Gasteiger charge is 2.24. The van der Waals surface area contributed by atoms with Gasteiger partial charge in [-0.25, -0.2) is 4.68 Å². The van der Waals surface area contributed by atoms with Crippen LogP contribution in [0.1, 0.15) is 55.0 Å². The van der Waals surface area contributed by atoms with Gasteiger partial charge < -0.3 is 0 Å². The third kappa shape index (κ3) is 4.69. The lowest BCUT2D eigenvalue weighted by Gasteiger charge is -2.11. The predicted octanol–water partition coefficient (Wildman–Crippen LogP) is 8.76. The molecule has 0 saturated heterocycles. The number of hydrogen-bond donors (Lipinski definition) is 0. The number of benzene rings is 2. The van der Waals surface area contributed by atoms with Gasteiger partial charge in [-0.2, -0.15) is 5.10 Å². The van der Waals surface area contributed by atoms with Crippen LogP contribution in [0, 0.1) is 6.92 Å². The maximum absolute atomic E-state index is 6.59. The molecule has 0 unspecified atom stereocenters. The Kier molecular flexibility index (Phi) is 6.75. The highest BCUT2D eigenvalue weighted by molar-refractivity contribution is 7.14. The van der Waals surface area contributed by atoms with Gasteiger partial charge in [0.2, 0.25) is 0 Å². The molecular weight excluding hydrogens is 495 g/mol. The van der Waals surface area contributed by atoms with Crippen LogP contribution >= 0.6 is 46.1 Å². The summed E-state index contributed by atoms with van der Waals surface area (Å²) in [5.41, 5.74) is 4.54. The fourth-order valence-corrected chi connectivity index (χ4v) is 6.16. The smallest absolute Gasteiger partial charge is 0.168 e. The van der Waals surface area contributed by atoms with E-state index in [4.69, 9.17) is 39.9 Å². The monoisotopic (exact) mass is 516 g/mol. The molecule has 1 saturated carbocycles. The zero-order chi connectivity index (χ0) is 22.9. The maximum Gasteiger partial charge on any atom is 0.168 e. The van der Waals surface area contributed by atoms with Crippen molar-refractivity contribution >= 4 is 46.1 Å². The highest BCUT2D eigenvalue weighted by Crippen LogP contribution is 2.39. The molecule has 0 spiro atoms. The van der Waals surface area contributed by atoms with Gasteiger partial charge in [-0.1, -0.05) is 84.0 Å². The van der Waals surface area contributed by atoms with E-state index in [1.54, 1.807) is 17.4 Å². The Bertz CT molecular complexity index is 1270. The summed E-state index contributed by atoms with van der Waals surface area (Å²) < 4.78 is 1.87. The van der Waals surface area contributed by atoms with Gasteiger partial charge in [-0.3, -0.25) is 0 Å². The molecule has 0 N–H and O–H groups in total. The fraction of sp³-hybridized carbons (Fsp3) is 0.320. The topological polar surface area (TPSA) is 43.6 Å². The molecule has 1 fully saturated rings. The first kappa shape index (κ1) is 22.9. The Morgan fingerprint density at radius 3 is 2.27 bits per heavy atom. The van der Waals surface area contributed by atoms with Gasteiger partial charge in [0, 0.05) is 27.1 Å². The Hall–Kier alpha value is -1.92. The van der Waals surface area contributed by atoms with Crippen LogP contribution in [0.25, 0.3) is 27.6 Å². The molecule has 2 aromatic carbocycles. The third-order valence-electron chi connectivity index (χ3n) is 6.23. The average molecular weight is 518 g/mol. The lowest BCUT2D eigenvalue weighted by molar-refractivity contribution is 0.584. The number of nitrogens with zero attached hydrogens (tertiary/aromatic N) is 4. The first-order valence-corrected chi connectivity index (χ1v) is 13.1. The van der Waals surface area contributed by atoms with Crippen LogP contribution in [-0.4, -0.2) is 20.0 Å². The average Bonchev–Trinajstić information content (AvgIpc) is 3.30. The molecule has 0 atom stereocenters. The molecule has 1 aliphatic carbocycles. The van der Waals surface area contributed by atoms with E-state index in [1.807, 2.05) is 41.1 Å².